The largest absolute Gasteiger partial charge is 0.390 e. The van der Waals surface area contributed by atoms with Crippen molar-refractivity contribution in [3.05, 3.63) is 34.3 Å². The highest BCUT2D eigenvalue weighted by molar-refractivity contribution is 9.10. The zero-order chi connectivity index (χ0) is 12.2. The molecular formula is C11H13BrF3N. The zero-order valence-corrected chi connectivity index (χ0v) is 10.5. The second-order valence-electron chi connectivity index (χ2n) is 3.73. The molecular weight excluding hydrogens is 283 g/mol. The van der Waals surface area contributed by atoms with Crippen LogP contribution in [-0.4, -0.2) is 24.7 Å². The number of alkyl halides is 3. The standard InChI is InChI=1S/C11H13BrF3N/c1-16(6-5-11(13,14)15)8-9-3-2-4-10(12)7-9/h2-4,7H,5-6,8H2,1H3. The molecule has 1 rings (SSSR count). The van der Waals surface area contributed by atoms with Crippen LogP contribution in [0.4, 0.5) is 13.2 Å². The minimum absolute atomic E-state index is 0.0238. The number of hydrogen-bond acceptors (Lipinski definition) is 1. The summed E-state index contributed by atoms with van der Waals surface area (Å²) in [5.41, 5.74) is 0.999. The SMILES string of the molecule is CN(CCC(F)(F)F)Cc1cccc(Br)c1. The van der Waals surface area contributed by atoms with Gasteiger partial charge in [0.25, 0.3) is 0 Å². The van der Waals surface area contributed by atoms with E-state index in [9.17, 15) is 13.2 Å². The third-order valence-electron chi connectivity index (χ3n) is 2.12. The molecule has 0 unspecified atom stereocenters. The molecule has 0 saturated carbocycles. The Balaban J connectivity index is 2.43. The Labute approximate surface area is 101 Å². The fourth-order valence-corrected chi connectivity index (χ4v) is 1.79. The van der Waals surface area contributed by atoms with Gasteiger partial charge < -0.3 is 4.90 Å². The fraction of sp³-hybridized carbons (Fsp3) is 0.455. The van der Waals surface area contributed by atoms with Crippen molar-refractivity contribution < 1.29 is 13.2 Å². The van der Waals surface area contributed by atoms with Crippen LogP contribution in [-0.2, 0) is 6.54 Å². The zero-order valence-electron chi connectivity index (χ0n) is 8.89. The Hall–Kier alpha value is -0.550. The van der Waals surface area contributed by atoms with Gasteiger partial charge in [-0.2, -0.15) is 13.2 Å². The second-order valence-corrected chi connectivity index (χ2v) is 4.65. The van der Waals surface area contributed by atoms with Gasteiger partial charge in [0.1, 0.15) is 0 Å². The van der Waals surface area contributed by atoms with Crippen LogP contribution < -0.4 is 0 Å². The van der Waals surface area contributed by atoms with Crippen molar-refractivity contribution in [2.45, 2.75) is 19.1 Å². The summed E-state index contributed by atoms with van der Waals surface area (Å²) in [5, 5.41) is 0. The number of benzene rings is 1. The summed E-state index contributed by atoms with van der Waals surface area (Å²) in [5.74, 6) is 0. The molecule has 0 aromatic heterocycles. The molecule has 0 heterocycles. The molecule has 0 spiro atoms. The van der Waals surface area contributed by atoms with Gasteiger partial charge in [-0.05, 0) is 24.7 Å². The van der Waals surface area contributed by atoms with Crippen molar-refractivity contribution in [3.8, 4) is 0 Å². The van der Waals surface area contributed by atoms with Crippen LogP contribution in [0.2, 0.25) is 0 Å². The third kappa shape index (κ3) is 5.51. The molecule has 16 heavy (non-hydrogen) atoms. The molecule has 0 radical (unpaired) electrons. The molecule has 5 heteroatoms. The summed E-state index contributed by atoms with van der Waals surface area (Å²) >= 11 is 3.32. The molecule has 1 aromatic carbocycles. The first kappa shape index (κ1) is 13.5. The van der Waals surface area contributed by atoms with E-state index in [4.69, 9.17) is 0 Å². The number of hydrogen-bond donors (Lipinski definition) is 0. The fourth-order valence-electron chi connectivity index (χ4n) is 1.34. The summed E-state index contributed by atoms with van der Waals surface area (Å²) in [6.45, 7) is 0.547. The van der Waals surface area contributed by atoms with E-state index in [-0.39, 0.29) is 6.54 Å². The molecule has 1 aromatic rings. The predicted molar refractivity (Wildman–Crippen MR) is 61.1 cm³/mol. The molecule has 0 bridgehead atoms. The van der Waals surface area contributed by atoms with E-state index < -0.39 is 12.6 Å². The summed E-state index contributed by atoms with van der Waals surface area (Å²) in [6, 6.07) is 7.56. The third-order valence-corrected chi connectivity index (χ3v) is 2.61. The van der Waals surface area contributed by atoms with Gasteiger partial charge in [-0.25, -0.2) is 0 Å². The van der Waals surface area contributed by atoms with Crippen molar-refractivity contribution in [1.29, 1.82) is 0 Å². The average molecular weight is 296 g/mol. The summed E-state index contributed by atoms with van der Waals surface area (Å²) in [7, 11) is 1.69. The van der Waals surface area contributed by atoms with Gasteiger partial charge in [0.05, 0.1) is 6.42 Å². The van der Waals surface area contributed by atoms with E-state index >= 15 is 0 Å². The summed E-state index contributed by atoms with van der Waals surface area (Å²) in [6.07, 6.45) is -4.84. The Morgan fingerprint density at radius 3 is 2.56 bits per heavy atom. The lowest BCUT2D eigenvalue weighted by Gasteiger charge is -2.17. The number of halogens is 4. The minimum Gasteiger partial charge on any atom is -0.302 e. The lowest BCUT2D eigenvalue weighted by molar-refractivity contribution is -0.137. The molecule has 0 aliphatic carbocycles. The maximum Gasteiger partial charge on any atom is 0.390 e. The van der Waals surface area contributed by atoms with Gasteiger partial charge in [-0.1, -0.05) is 28.1 Å². The van der Waals surface area contributed by atoms with Crippen molar-refractivity contribution in [2.24, 2.45) is 0 Å². The highest BCUT2D eigenvalue weighted by atomic mass is 79.9. The van der Waals surface area contributed by atoms with Crippen LogP contribution in [0.25, 0.3) is 0 Å². The van der Waals surface area contributed by atoms with Gasteiger partial charge in [0.15, 0.2) is 0 Å². The average Bonchev–Trinajstić information content (AvgIpc) is 2.14. The van der Waals surface area contributed by atoms with Gasteiger partial charge in [0.2, 0.25) is 0 Å². The summed E-state index contributed by atoms with van der Waals surface area (Å²) < 4.78 is 36.9. The first-order chi connectivity index (χ1) is 7.37. The Bertz CT molecular complexity index is 338. The lowest BCUT2D eigenvalue weighted by Crippen LogP contribution is -2.24. The van der Waals surface area contributed by atoms with Crippen molar-refractivity contribution in [3.63, 3.8) is 0 Å². The first-order valence-corrected chi connectivity index (χ1v) is 5.66. The van der Waals surface area contributed by atoms with Crippen molar-refractivity contribution >= 4 is 15.9 Å². The van der Waals surface area contributed by atoms with Gasteiger partial charge in [-0.3, -0.25) is 0 Å². The Morgan fingerprint density at radius 2 is 2.00 bits per heavy atom. The molecule has 0 N–H and O–H groups in total. The number of nitrogens with zero attached hydrogens (tertiary/aromatic N) is 1. The quantitative estimate of drug-likeness (QED) is 0.816. The maximum atomic E-state index is 12.0. The van der Waals surface area contributed by atoms with E-state index in [2.05, 4.69) is 15.9 Å². The van der Waals surface area contributed by atoms with E-state index in [1.165, 1.54) is 0 Å². The molecule has 0 saturated heterocycles. The van der Waals surface area contributed by atoms with Crippen LogP contribution in [0.3, 0.4) is 0 Å². The Morgan fingerprint density at radius 1 is 1.31 bits per heavy atom. The molecule has 0 aliphatic heterocycles. The normalized spacial score (nSPS) is 12.1. The second kappa shape index (κ2) is 5.68. The summed E-state index contributed by atoms with van der Waals surface area (Å²) in [4.78, 5) is 1.66. The molecule has 0 atom stereocenters. The topological polar surface area (TPSA) is 3.24 Å². The van der Waals surface area contributed by atoms with E-state index in [1.54, 1.807) is 11.9 Å². The number of rotatable bonds is 4. The molecule has 0 fully saturated rings. The monoisotopic (exact) mass is 295 g/mol. The van der Waals surface area contributed by atoms with Crippen LogP contribution in [0.5, 0.6) is 0 Å². The van der Waals surface area contributed by atoms with Gasteiger partial charge >= 0.3 is 6.18 Å². The van der Waals surface area contributed by atoms with Crippen molar-refractivity contribution in [1.82, 2.24) is 4.90 Å². The maximum absolute atomic E-state index is 12.0. The molecule has 90 valence electrons. The highest BCUT2D eigenvalue weighted by Gasteiger charge is 2.26. The van der Waals surface area contributed by atoms with Gasteiger partial charge in [0, 0.05) is 17.6 Å². The lowest BCUT2D eigenvalue weighted by atomic mass is 10.2. The van der Waals surface area contributed by atoms with E-state index in [0.29, 0.717) is 6.54 Å². The minimum atomic E-state index is -4.08. The van der Waals surface area contributed by atoms with E-state index in [0.717, 1.165) is 10.0 Å². The van der Waals surface area contributed by atoms with Crippen molar-refractivity contribution in [2.75, 3.05) is 13.6 Å². The first-order valence-electron chi connectivity index (χ1n) is 4.86. The predicted octanol–water partition coefficient (Wildman–Crippen LogP) is 3.83. The van der Waals surface area contributed by atoms with Crippen LogP contribution >= 0.6 is 15.9 Å². The van der Waals surface area contributed by atoms with Gasteiger partial charge in [-0.15, -0.1) is 0 Å². The Kier molecular flexibility index (Phi) is 4.80. The highest BCUT2D eigenvalue weighted by Crippen LogP contribution is 2.20. The van der Waals surface area contributed by atoms with Crippen LogP contribution in [0.15, 0.2) is 28.7 Å². The van der Waals surface area contributed by atoms with E-state index in [1.807, 2.05) is 24.3 Å². The molecule has 1 nitrogen and oxygen atoms in total. The smallest absolute Gasteiger partial charge is 0.302 e. The van der Waals surface area contributed by atoms with Crippen LogP contribution in [0.1, 0.15) is 12.0 Å². The van der Waals surface area contributed by atoms with Crippen LogP contribution in [0, 0.1) is 0 Å². The molecule has 0 aliphatic rings. The molecule has 0 amide bonds.